The van der Waals surface area contributed by atoms with Gasteiger partial charge in [-0.25, -0.2) is 0 Å². The van der Waals surface area contributed by atoms with Crippen molar-refractivity contribution in [1.29, 1.82) is 0 Å². The van der Waals surface area contributed by atoms with Gasteiger partial charge in [-0.05, 0) is 66.3 Å². The fourth-order valence-corrected chi connectivity index (χ4v) is 5.40. The van der Waals surface area contributed by atoms with Gasteiger partial charge < -0.3 is 25.6 Å². The van der Waals surface area contributed by atoms with Gasteiger partial charge in [-0.3, -0.25) is 24.9 Å². The molecule has 0 radical (unpaired) electrons. The predicted molar refractivity (Wildman–Crippen MR) is 142 cm³/mol. The van der Waals surface area contributed by atoms with Gasteiger partial charge in [-0.2, -0.15) is 0 Å². The molecule has 208 valence electrons. The Morgan fingerprint density at radius 1 is 1.20 bits per heavy atom. The molecule has 0 aromatic heterocycles. The first-order valence-corrected chi connectivity index (χ1v) is 13.6. The molecule has 0 amide bonds. The average Bonchev–Trinajstić information content (AvgIpc) is 2.84. The lowest BCUT2D eigenvalue weighted by molar-refractivity contribution is -0.0626. The molecule has 0 bridgehead atoms. The van der Waals surface area contributed by atoms with Crippen LogP contribution in [0.15, 0.2) is 0 Å². The first-order chi connectivity index (χ1) is 16.9. The Hall–Kier alpha value is -0.400. The van der Waals surface area contributed by atoms with Crippen molar-refractivity contribution in [3.05, 3.63) is 0 Å². The highest BCUT2D eigenvalue weighted by atomic mass is 16.5. The molecule has 35 heavy (non-hydrogen) atoms. The van der Waals surface area contributed by atoms with Crippen LogP contribution in [0.2, 0.25) is 0 Å². The topological polar surface area (TPSA) is 102 Å². The first kappa shape index (κ1) is 30.8. The van der Waals surface area contributed by atoms with E-state index in [2.05, 4.69) is 32.4 Å². The summed E-state index contributed by atoms with van der Waals surface area (Å²) in [5, 5.41) is 16.0. The Labute approximate surface area is 214 Å². The molecule has 1 saturated heterocycles. The van der Waals surface area contributed by atoms with Gasteiger partial charge in [-0.1, -0.05) is 6.42 Å². The summed E-state index contributed by atoms with van der Waals surface area (Å²) in [4.78, 5) is 9.50. The van der Waals surface area contributed by atoms with Gasteiger partial charge in [0, 0.05) is 58.5 Å². The van der Waals surface area contributed by atoms with Gasteiger partial charge in [0.15, 0.2) is 0 Å². The third kappa shape index (κ3) is 11.3. The highest BCUT2D eigenvalue weighted by Gasteiger charge is 2.32. The van der Waals surface area contributed by atoms with E-state index in [1.807, 2.05) is 33.2 Å². The number of hydrogen-bond acceptors (Lipinski definition) is 10. The zero-order valence-corrected chi connectivity index (χ0v) is 23.1. The number of nitrogens with two attached hydrogens (primary N) is 1. The molecule has 0 aromatic carbocycles. The Balaban J connectivity index is 1.91. The Morgan fingerprint density at radius 3 is 2.69 bits per heavy atom. The second-order valence-corrected chi connectivity index (χ2v) is 10.6. The van der Waals surface area contributed by atoms with E-state index in [4.69, 9.17) is 15.2 Å². The van der Waals surface area contributed by atoms with E-state index in [-0.39, 0.29) is 19.1 Å². The number of nitrogens with zero attached hydrogens (tertiary/aromatic N) is 4. The predicted octanol–water partition coefficient (Wildman–Crippen LogP) is -0.552. The molecule has 2 aliphatic rings. The lowest BCUT2D eigenvalue weighted by Crippen LogP contribution is -2.59. The van der Waals surface area contributed by atoms with Gasteiger partial charge in [0.05, 0.1) is 19.8 Å². The monoisotopic (exact) mass is 501 g/mol. The molecule has 2 fully saturated rings. The summed E-state index contributed by atoms with van der Waals surface area (Å²) in [5.74, 6) is 0.674. The van der Waals surface area contributed by atoms with E-state index in [1.54, 1.807) is 0 Å². The highest BCUT2D eigenvalue weighted by molar-refractivity contribution is 4.87. The molecule has 10 nitrogen and oxygen atoms in total. The van der Waals surface area contributed by atoms with Crippen molar-refractivity contribution in [2.24, 2.45) is 11.7 Å². The van der Waals surface area contributed by atoms with Crippen LogP contribution in [0.3, 0.4) is 0 Å². The molecule has 0 spiro atoms. The average molecular weight is 502 g/mol. The number of ether oxygens (including phenoxy) is 2. The quantitative estimate of drug-likeness (QED) is 0.153. The summed E-state index contributed by atoms with van der Waals surface area (Å²) in [6, 6.07) is 0.817. The van der Waals surface area contributed by atoms with E-state index in [9.17, 15) is 5.11 Å². The van der Waals surface area contributed by atoms with Crippen molar-refractivity contribution in [1.82, 2.24) is 30.2 Å². The van der Waals surface area contributed by atoms with Crippen molar-refractivity contribution in [2.45, 2.75) is 56.7 Å². The Morgan fingerprint density at radius 2 is 2.00 bits per heavy atom. The van der Waals surface area contributed by atoms with Crippen LogP contribution < -0.4 is 16.4 Å². The van der Waals surface area contributed by atoms with E-state index in [1.165, 1.54) is 25.7 Å². The third-order valence-electron chi connectivity index (χ3n) is 7.59. The normalized spacial score (nSPS) is 26.5. The van der Waals surface area contributed by atoms with E-state index in [0.29, 0.717) is 31.2 Å². The van der Waals surface area contributed by atoms with Crippen LogP contribution in [0, 0.1) is 5.92 Å². The van der Waals surface area contributed by atoms with E-state index in [0.717, 1.165) is 52.2 Å². The molecule has 5 N–H and O–H groups in total. The van der Waals surface area contributed by atoms with E-state index >= 15 is 0 Å². The van der Waals surface area contributed by atoms with Crippen molar-refractivity contribution in [3.63, 3.8) is 0 Å². The molecule has 5 unspecified atom stereocenters. The number of hydrogen-bond donors (Lipinski definition) is 4. The lowest BCUT2D eigenvalue weighted by Gasteiger charge is -2.45. The van der Waals surface area contributed by atoms with Gasteiger partial charge in [0.2, 0.25) is 0 Å². The number of piperazine rings is 1. The molecule has 1 aliphatic heterocycles. The van der Waals surface area contributed by atoms with Crippen LogP contribution in [0.4, 0.5) is 0 Å². The second kappa shape index (κ2) is 17.2. The Kier molecular flexibility index (Phi) is 15.1. The minimum Gasteiger partial charge on any atom is -0.394 e. The third-order valence-corrected chi connectivity index (χ3v) is 7.59. The second-order valence-electron chi connectivity index (χ2n) is 10.6. The standard InChI is InChI=1S/C25H55N7O3/c1-27-10-7-11-30(4)24(34-5)19-31-12-13-32(23(18-31)20-35-15-14-33)17-21-8-6-9-22(16-21)28-25(26)29(2)3/h21-25,27-28,33H,6-20,26H2,1-5H3. The summed E-state index contributed by atoms with van der Waals surface area (Å²) < 4.78 is 11.7. The number of rotatable bonds is 17. The number of nitrogens with one attached hydrogen (secondary N) is 2. The molecule has 1 heterocycles. The summed E-state index contributed by atoms with van der Waals surface area (Å²) in [5.41, 5.74) is 6.23. The molecule has 1 aliphatic carbocycles. The summed E-state index contributed by atoms with van der Waals surface area (Å²) in [6.07, 6.45) is 6.02. The highest BCUT2D eigenvalue weighted by Crippen LogP contribution is 2.27. The van der Waals surface area contributed by atoms with Crippen LogP contribution in [-0.4, -0.2) is 150 Å². The minimum atomic E-state index is -0.0907. The number of methoxy groups -OCH3 is 1. The SMILES string of the molecule is CNCCCN(C)C(CN1CCN(CC2CCCC(NC(N)N(C)C)C2)C(COCCO)C1)OC. The molecular weight excluding hydrogens is 446 g/mol. The van der Waals surface area contributed by atoms with Crippen molar-refractivity contribution < 1.29 is 14.6 Å². The minimum absolute atomic E-state index is 0.0711. The lowest BCUT2D eigenvalue weighted by atomic mass is 9.85. The van der Waals surface area contributed by atoms with Crippen LogP contribution >= 0.6 is 0 Å². The van der Waals surface area contributed by atoms with Gasteiger partial charge >= 0.3 is 0 Å². The summed E-state index contributed by atoms with van der Waals surface area (Å²) in [7, 11) is 9.99. The fourth-order valence-electron chi connectivity index (χ4n) is 5.40. The first-order valence-electron chi connectivity index (χ1n) is 13.6. The van der Waals surface area contributed by atoms with Gasteiger partial charge in [0.25, 0.3) is 0 Å². The zero-order chi connectivity index (χ0) is 25.6. The van der Waals surface area contributed by atoms with Gasteiger partial charge in [-0.15, -0.1) is 0 Å². The van der Waals surface area contributed by atoms with Crippen molar-refractivity contribution in [2.75, 3.05) is 101 Å². The largest absolute Gasteiger partial charge is 0.394 e. The Bertz CT molecular complexity index is 545. The number of likely N-dealkylation sites (N-methyl/N-ethyl adjacent to an activating group) is 1. The molecule has 2 rings (SSSR count). The number of aliphatic hydroxyl groups is 1. The summed E-state index contributed by atoms with van der Waals surface area (Å²) in [6.45, 7) is 8.21. The molecular formula is C25H55N7O3. The van der Waals surface area contributed by atoms with E-state index < -0.39 is 0 Å². The molecule has 0 aromatic rings. The molecule has 10 heteroatoms. The van der Waals surface area contributed by atoms with Crippen LogP contribution in [0.5, 0.6) is 0 Å². The van der Waals surface area contributed by atoms with Crippen LogP contribution in [-0.2, 0) is 9.47 Å². The van der Waals surface area contributed by atoms with Crippen molar-refractivity contribution >= 4 is 0 Å². The van der Waals surface area contributed by atoms with Crippen LogP contribution in [0.25, 0.3) is 0 Å². The van der Waals surface area contributed by atoms with Crippen LogP contribution in [0.1, 0.15) is 32.1 Å². The maximum atomic E-state index is 9.22. The molecule has 1 saturated carbocycles. The number of aliphatic hydroxyl groups excluding tert-OH is 1. The zero-order valence-electron chi connectivity index (χ0n) is 23.1. The summed E-state index contributed by atoms with van der Waals surface area (Å²) >= 11 is 0. The maximum Gasteiger partial charge on any atom is 0.122 e. The molecule has 5 atom stereocenters. The maximum absolute atomic E-state index is 9.22. The smallest absolute Gasteiger partial charge is 0.122 e. The van der Waals surface area contributed by atoms with Gasteiger partial charge in [0.1, 0.15) is 12.5 Å². The van der Waals surface area contributed by atoms with Crippen molar-refractivity contribution in [3.8, 4) is 0 Å². The fraction of sp³-hybridized carbons (Fsp3) is 1.00.